The minimum absolute atomic E-state index is 0.294. The molecule has 0 saturated heterocycles. The lowest BCUT2D eigenvalue weighted by Crippen LogP contribution is -2.17. The molecule has 2 rings (SSSR count). The van der Waals surface area contributed by atoms with Crippen molar-refractivity contribution in [1.82, 2.24) is 0 Å². The first-order chi connectivity index (χ1) is 6.27. The highest BCUT2D eigenvalue weighted by Crippen LogP contribution is 2.32. The van der Waals surface area contributed by atoms with E-state index in [9.17, 15) is 5.11 Å². The van der Waals surface area contributed by atoms with Gasteiger partial charge in [-0.25, -0.2) is 0 Å². The Hall–Kier alpha value is -1.51. The lowest BCUT2D eigenvalue weighted by molar-refractivity contribution is 0.475. The van der Waals surface area contributed by atoms with Gasteiger partial charge < -0.3 is 10.0 Å². The number of aromatic hydroxyl groups is 1. The van der Waals surface area contributed by atoms with Gasteiger partial charge in [-0.2, -0.15) is 0 Å². The number of hydrogen-bond acceptors (Lipinski definition) is 3. The maximum absolute atomic E-state index is 9.32. The van der Waals surface area contributed by atoms with E-state index in [0.717, 1.165) is 24.3 Å². The van der Waals surface area contributed by atoms with Crippen molar-refractivity contribution in [3.63, 3.8) is 0 Å². The van der Waals surface area contributed by atoms with E-state index in [1.54, 1.807) is 12.1 Å². The predicted octanol–water partition coefficient (Wildman–Crippen LogP) is 1.93. The second-order valence-corrected chi connectivity index (χ2v) is 3.19. The van der Waals surface area contributed by atoms with Crippen molar-refractivity contribution in [2.45, 2.75) is 6.42 Å². The zero-order valence-electron chi connectivity index (χ0n) is 7.57. The van der Waals surface area contributed by atoms with E-state index in [2.05, 4.69) is 9.89 Å². The molecule has 0 bridgehead atoms. The zero-order chi connectivity index (χ0) is 9.26. The SMILES string of the molecule is CN1CCC=Nc2ccc(O)cc21. The summed E-state index contributed by atoms with van der Waals surface area (Å²) in [5, 5.41) is 9.32. The first kappa shape index (κ1) is 8.10. The Labute approximate surface area is 77.3 Å². The molecule has 0 saturated carbocycles. The van der Waals surface area contributed by atoms with Crippen molar-refractivity contribution in [2.24, 2.45) is 4.99 Å². The Morgan fingerprint density at radius 1 is 1.46 bits per heavy atom. The molecule has 1 aliphatic rings. The summed E-state index contributed by atoms with van der Waals surface area (Å²) in [6, 6.07) is 5.25. The summed E-state index contributed by atoms with van der Waals surface area (Å²) < 4.78 is 0. The number of anilines is 1. The molecule has 0 atom stereocenters. The Kier molecular flexibility index (Phi) is 1.93. The van der Waals surface area contributed by atoms with Gasteiger partial charge in [-0.15, -0.1) is 0 Å². The summed E-state index contributed by atoms with van der Waals surface area (Å²) in [6.45, 7) is 0.944. The van der Waals surface area contributed by atoms with Gasteiger partial charge in [-0.05, 0) is 12.1 Å². The number of nitrogens with zero attached hydrogens (tertiary/aromatic N) is 2. The molecule has 0 amide bonds. The summed E-state index contributed by atoms with van der Waals surface area (Å²) in [7, 11) is 2.01. The maximum atomic E-state index is 9.32. The predicted molar refractivity (Wildman–Crippen MR) is 54.1 cm³/mol. The topological polar surface area (TPSA) is 35.8 Å². The largest absolute Gasteiger partial charge is 0.508 e. The standard InChI is InChI=1S/C10H12N2O/c1-12-6-2-5-11-9-4-3-8(13)7-10(9)12/h3-5,7,13H,2,6H2,1H3. The van der Waals surface area contributed by atoms with Gasteiger partial charge in [0.25, 0.3) is 0 Å². The molecule has 68 valence electrons. The molecular weight excluding hydrogens is 164 g/mol. The first-order valence-corrected chi connectivity index (χ1v) is 4.34. The normalized spacial score (nSPS) is 15.3. The van der Waals surface area contributed by atoms with E-state index < -0.39 is 0 Å². The fraction of sp³-hybridized carbons (Fsp3) is 0.300. The molecule has 3 nitrogen and oxygen atoms in total. The van der Waals surface area contributed by atoms with Crippen LogP contribution in [0.15, 0.2) is 23.2 Å². The van der Waals surface area contributed by atoms with Gasteiger partial charge >= 0.3 is 0 Å². The van der Waals surface area contributed by atoms with Crippen LogP contribution < -0.4 is 4.90 Å². The summed E-state index contributed by atoms with van der Waals surface area (Å²) in [4.78, 5) is 6.40. The monoisotopic (exact) mass is 176 g/mol. The molecule has 0 aromatic heterocycles. The van der Waals surface area contributed by atoms with Crippen LogP contribution in [0.3, 0.4) is 0 Å². The highest BCUT2D eigenvalue weighted by Gasteiger charge is 2.09. The molecule has 1 aromatic rings. The summed E-state index contributed by atoms with van der Waals surface area (Å²) >= 11 is 0. The minimum Gasteiger partial charge on any atom is -0.508 e. The zero-order valence-corrected chi connectivity index (χ0v) is 7.57. The van der Waals surface area contributed by atoms with Crippen LogP contribution in [0.25, 0.3) is 0 Å². The van der Waals surface area contributed by atoms with E-state index in [1.165, 1.54) is 0 Å². The number of phenols is 1. The molecular formula is C10H12N2O. The van der Waals surface area contributed by atoms with E-state index >= 15 is 0 Å². The Balaban J connectivity index is 2.51. The fourth-order valence-corrected chi connectivity index (χ4v) is 1.46. The van der Waals surface area contributed by atoms with Gasteiger partial charge in [0.2, 0.25) is 0 Å². The lowest BCUT2D eigenvalue weighted by atomic mass is 10.2. The van der Waals surface area contributed by atoms with Gasteiger partial charge in [0.05, 0.1) is 11.4 Å². The molecule has 0 unspecified atom stereocenters. The van der Waals surface area contributed by atoms with E-state index in [1.807, 2.05) is 19.3 Å². The molecule has 0 spiro atoms. The van der Waals surface area contributed by atoms with Crippen LogP contribution >= 0.6 is 0 Å². The number of hydrogen-bond donors (Lipinski definition) is 1. The Bertz CT molecular complexity index is 347. The van der Waals surface area contributed by atoms with Crippen molar-refractivity contribution < 1.29 is 5.11 Å². The average molecular weight is 176 g/mol. The third-order valence-electron chi connectivity index (χ3n) is 2.19. The molecule has 1 aromatic carbocycles. The van der Waals surface area contributed by atoms with Crippen LogP contribution in [-0.4, -0.2) is 24.9 Å². The third kappa shape index (κ3) is 1.49. The molecule has 3 heteroatoms. The highest BCUT2D eigenvalue weighted by molar-refractivity contribution is 5.76. The first-order valence-electron chi connectivity index (χ1n) is 4.34. The van der Waals surface area contributed by atoms with Crippen LogP contribution in [0.1, 0.15) is 6.42 Å². The van der Waals surface area contributed by atoms with Crippen LogP contribution in [0.5, 0.6) is 5.75 Å². The maximum Gasteiger partial charge on any atom is 0.117 e. The van der Waals surface area contributed by atoms with Gasteiger partial charge in [0.1, 0.15) is 5.75 Å². The van der Waals surface area contributed by atoms with E-state index in [0.29, 0.717) is 5.75 Å². The number of benzene rings is 1. The fourth-order valence-electron chi connectivity index (χ4n) is 1.46. The molecule has 0 radical (unpaired) electrons. The number of aliphatic imine (C=N–C) groups is 1. The highest BCUT2D eigenvalue weighted by atomic mass is 16.3. The molecule has 1 N–H and O–H groups in total. The Morgan fingerprint density at radius 3 is 3.15 bits per heavy atom. The van der Waals surface area contributed by atoms with Crippen molar-refractivity contribution >= 4 is 17.6 Å². The number of fused-ring (bicyclic) bond motifs is 1. The van der Waals surface area contributed by atoms with Crippen LogP contribution in [0.2, 0.25) is 0 Å². The van der Waals surface area contributed by atoms with Crippen LogP contribution in [0, 0.1) is 0 Å². The summed E-state index contributed by atoms with van der Waals surface area (Å²) in [6.07, 6.45) is 2.87. The van der Waals surface area contributed by atoms with Gasteiger partial charge in [0.15, 0.2) is 0 Å². The minimum atomic E-state index is 0.294. The van der Waals surface area contributed by atoms with Crippen molar-refractivity contribution in [3.05, 3.63) is 18.2 Å². The molecule has 1 heterocycles. The Morgan fingerprint density at radius 2 is 2.31 bits per heavy atom. The molecule has 13 heavy (non-hydrogen) atoms. The number of phenolic OH excluding ortho intramolecular Hbond substituents is 1. The van der Waals surface area contributed by atoms with Crippen molar-refractivity contribution in [1.29, 1.82) is 0 Å². The van der Waals surface area contributed by atoms with Crippen LogP contribution in [0.4, 0.5) is 11.4 Å². The van der Waals surface area contributed by atoms with E-state index in [-0.39, 0.29) is 0 Å². The number of rotatable bonds is 0. The van der Waals surface area contributed by atoms with Crippen LogP contribution in [-0.2, 0) is 0 Å². The average Bonchev–Trinajstić information content (AvgIpc) is 2.29. The molecule has 0 fully saturated rings. The van der Waals surface area contributed by atoms with Gasteiger partial charge in [0, 0.05) is 32.3 Å². The van der Waals surface area contributed by atoms with Gasteiger partial charge in [-0.1, -0.05) is 0 Å². The smallest absolute Gasteiger partial charge is 0.117 e. The third-order valence-corrected chi connectivity index (χ3v) is 2.19. The second-order valence-electron chi connectivity index (χ2n) is 3.19. The quantitative estimate of drug-likeness (QED) is 0.655. The summed E-state index contributed by atoms with van der Waals surface area (Å²) in [5.41, 5.74) is 1.92. The lowest BCUT2D eigenvalue weighted by Gasteiger charge is -2.18. The van der Waals surface area contributed by atoms with Crippen molar-refractivity contribution in [2.75, 3.05) is 18.5 Å². The second kappa shape index (κ2) is 3.09. The molecule has 1 aliphatic heterocycles. The molecule has 0 aliphatic carbocycles. The summed E-state index contributed by atoms with van der Waals surface area (Å²) in [5.74, 6) is 0.294. The van der Waals surface area contributed by atoms with Crippen molar-refractivity contribution in [3.8, 4) is 5.75 Å². The van der Waals surface area contributed by atoms with E-state index in [4.69, 9.17) is 0 Å². The van der Waals surface area contributed by atoms with Gasteiger partial charge in [-0.3, -0.25) is 4.99 Å².